The van der Waals surface area contributed by atoms with Crippen molar-refractivity contribution >= 4 is 11.9 Å². The van der Waals surface area contributed by atoms with E-state index in [4.69, 9.17) is 8.83 Å². The first-order valence-electron chi connectivity index (χ1n) is 8.98. The topological polar surface area (TPSA) is 43.4 Å². The maximum Gasteiger partial charge on any atom is 0.156 e. The molecule has 3 heteroatoms. The third-order valence-corrected chi connectivity index (χ3v) is 4.43. The normalized spacial score (nSPS) is 12.5. The summed E-state index contributed by atoms with van der Waals surface area (Å²) in [7, 11) is 0. The van der Waals surface area contributed by atoms with Gasteiger partial charge in [0.2, 0.25) is 0 Å². The average Bonchev–Trinajstić information content (AvgIpc) is 3.26. The smallest absolute Gasteiger partial charge is 0.156 e. The van der Waals surface area contributed by atoms with Gasteiger partial charge < -0.3 is 8.83 Å². The van der Waals surface area contributed by atoms with Crippen molar-refractivity contribution in [2.75, 3.05) is 0 Å². The molecule has 0 aliphatic carbocycles. The lowest BCUT2D eigenvalue weighted by atomic mass is 9.92. The number of furan rings is 2. The summed E-state index contributed by atoms with van der Waals surface area (Å²) in [6.45, 7) is 3.82. The van der Waals surface area contributed by atoms with Crippen LogP contribution in [0.1, 0.15) is 47.4 Å². The largest absolute Gasteiger partial charge is 0.466 e. The lowest BCUT2D eigenvalue weighted by Crippen LogP contribution is -2.06. The van der Waals surface area contributed by atoms with E-state index in [0.717, 1.165) is 30.1 Å². The van der Waals surface area contributed by atoms with Gasteiger partial charge >= 0.3 is 0 Å². The van der Waals surface area contributed by atoms with Crippen molar-refractivity contribution in [1.29, 1.82) is 0 Å². The molecule has 0 amide bonds. The van der Waals surface area contributed by atoms with Gasteiger partial charge in [0.05, 0.1) is 0 Å². The molecule has 2 heterocycles. The summed E-state index contributed by atoms with van der Waals surface area (Å²) in [6, 6.07) is 18.0. The molecule has 3 rings (SSSR count). The van der Waals surface area contributed by atoms with Crippen molar-refractivity contribution in [3.63, 3.8) is 0 Å². The highest BCUT2D eigenvalue weighted by atomic mass is 16.3. The molecule has 0 saturated carbocycles. The van der Waals surface area contributed by atoms with E-state index in [9.17, 15) is 4.79 Å². The summed E-state index contributed by atoms with van der Waals surface area (Å²) in [5.74, 6) is 3.44. The first kappa shape index (κ1) is 18.0. The Balaban J connectivity index is 1.66. The third kappa shape index (κ3) is 5.09. The van der Waals surface area contributed by atoms with Crippen LogP contribution in [-0.4, -0.2) is 5.78 Å². The Kier molecular flexibility index (Phi) is 5.90. The van der Waals surface area contributed by atoms with Gasteiger partial charge in [-0.15, -0.1) is 0 Å². The zero-order valence-corrected chi connectivity index (χ0v) is 15.3. The van der Waals surface area contributed by atoms with Crippen molar-refractivity contribution < 1.29 is 13.6 Å². The van der Waals surface area contributed by atoms with Crippen molar-refractivity contribution in [2.24, 2.45) is 0 Å². The van der Waals surface area contributed by atoms with Crippen LogP contribution in [0.5, 0.6) is 0 Å². The highest BCUT2D eigenvalue weighted by molar-refractivity contribution is 5.93. The van der Waals surface area contributed by atoms with Crippen LogP contribution in [0.25, 0.3) is 6.08 Å². The van der Waals surface area contributed by atoms with Crippen molar-refractivity contribution in [3.8, 4) is 0 Å². The van der Waals surface area contributed by atoms with Crippen LogP contribution >= 0.6 is 0 Å². The fourth-order valence-corrected chi connectivity index (χ4v) is 3.03. The molecule has 0 aliphatic rings. The molecule has 0 radical (unpaired) electrons. The van der Waals surface area contributed by atoms with E-state index >= 15 is 0 Å². The maximum absolute atomic E-state index is 12.5. The predicted octanol–water partition coefficient (Wildman–Crippen LogP) is 5.88. The van der Waals surface area contributed by atoms with Crippen molar-refractivity contribution in [2.45, 2.75) is 39.0 Å². The fourth-order valence-electron chi connectivity index (χ4n) is 3.03. The van der Waals surface area contributed by atoms with Crippen LogP contribution in [0.2, 0.25) is 0 Å². The Labute approximate surface area is 154 Å². The van der Waals surface area contributed by atoms with E-state index in [1.54, 1.807) is 12.2 Å². The standard InChI is InChI=1S/C23H24O3/c1-17-8-13-22(25-17)14-12-21(24)16-20(23-15-9-18(2)26-23)11-10-19-6-4-3-5-7-19/h3-9,12-15,20H,10-11,16H2,1-2H3/b14-12+. The molecular weight excluding hydrogens is 324 g/mol. The summed E-state index contributed by atoms with van der Waals surface area (Å²) in [6.07, 6.45) is 5.55. The number of carbonyl (C=O) groups excluding carboxylic acids is 1. The second-order valence-electron chi connectivity index (χ2n) is 6.62. The molecule has 0 aliphatic heterocycles. The van der Waals surface area contributed by atoms with Crippen molar-refractivity contribution in [1.82, 2.24) is 0 Å². The summed E-state index contributed by atoms with van der Waals surface area (Å²) >= 11 is 0. The number of hydrogen-bond donors (Lipinski definition) is 0. The minimum Gasteiger partial charge on any atom is -0.466 e. The molecule has 3 aromatic rings. The van der Waals surface area contributed by atoms with E-state index in [1.165, 1.54) is 5.56 Å². The predicted molar refractivity (Wildman–Crippen MR) is 103 cm³/mol. The summed E-state index contributed by atoms with van der Waals surface area (Å²) in [4.78, 5) is 12.5. The number of allylic oxidation sites excluding steroid dienone is 1. The van der Waals surface area contributed by atoms with Gasteiger partial charge in [-0.25, -0.2) is 0 Å². The van der Waals surface area contributed by atoms with Crippen LogP contribution in [0, 0.1) is 13.8 Å². The van der Waals surface area contributed by atoms with E-state index in [1.807, 2.05) is 56.3 Å². The molecule has 3 nitrogen and oxygen atoms in total. The molecule has 0 fully saturated rings. The zero-order valence-electron chi connectivity index (χ0n) is 15.3. The quantitative estimate of drug-likeness (QED) is 0.478. The SMILES string of the molecule is Cc1ccc(/C=C/C(=O)CC(CCc2ccccc2)c2ccc(C)o2)o1. The van der Waals surface area contributed by atoms with Crippen LogP contribution in [0.3, 0.4) is 0 Å². The first-order chi connectivity index (χ1) is 12.6. The van der Waals surface area contributed by atoms with Gasteiger partial charge in [-0.3, -0.25) is 4.79 Å². The molecule has 0 saturated heterocycles. The zero-order chi connectivity index (χ0) is 18.4. The first-order valence-corrected chi connectivity index (χ1v) is 8.98. The van der Waals surface area contributed by atoms with Gasteiger partial charge in [-0.2, -0.15) is 0 Å². The van der Waals surface area contributed by atoms with Crippen LogP contribution in [0.4, 0.5) is 0 Å². The molecule has 1 unspecified atom stereocenters. The molecule has 1 aromatic carbocycles. The van der Waals surface area contributed by atoms with Gasteiger partial charge in [0.15, 0.2) is 5.78 Å². The van der Waals surface area contributed by atoms with E-state index < -0.39 is 0 Å². The lowest BCUT2D eigenvalue weighted by Gasteiger charge is -2.13. The molecule has 26 heavy (non-hydrogen) atoms. The molecule has 0 bridgehead atoms. The number of aryl methyl sites for hydroxylation is 3. The maximum atomic E-state index is 12.5. The second kappa shape index (κ2) is 8.52. The molecule has 134 valence electrons. The Morgan fingerprint density at radius 2 is 1.69 bits per heavy atom. The Morgan fingerprint density at radius 3 is 2.35 bits per heavy atom. The summed E-state index contributed by atoms with van der Waals surface area (Å²) in [5, 5.41) is 0. The van der Waals surface area contributed by atoms with Gasteiger partial charge in [0.25, 0.3) is 0 Å². The Bertz CT molecular complexity index is 868. The third-order valence-electron chi connectivity index (χ3n) is 4.43. The minimum absolute atomic E-state index is 0.0689. The number of ketones is 1. The number of carbonyl (C=O) groups is 1. The minimum atomic E-state index is 0.0689. The summed E-state index contributed by atoms with van der Waals surface area (Å²) < 4.78 is 11.3. The van der Waals surface area contributed by atoms with Crippen molar-refractivity contribution in [3.05, 3.63) is 89.3 Å². The molecule has 2 aromatic heterocycles. The summed E-state index contributed by atoms with van der Waals surface area (Å²) in [5.41, 5.74) is 1.27. The molecule has 0 N–H and O–H groups in total. The van der Waals surface area contributed by atoms with Gasteiger partial charge in [-0.05, 0) is 68.7 Å². The number of rotatable bonds is 8. The monoisotopic (exact) mass is 348 g/mol. The Hall–Kier alpha value is -2.81. The molecule has 1 atom stereocenters. The number of benzene rings is 1. The molecule has 0 spiro atoms. The van der Waals surface area contributed by atoms with E-state index in [-0.39, 0.29) is 11.7 Å². The van der Waals surface area contributed by atoms with E-state index in [2.05, 4.69) is 12.1 Å². The van der Waals surface area contributed by atoms with Crippen LogP contribution in [-0.2, 0) is 11.2 Å². The van der Waals surface area contributed by atoms with Crippen LogP contribution in [0.15, 0.2) is 69.5 Å². The van der Waals surface area contributed by atoms with Crippen LogP contribution < -0.4 is 0 Å². The lowest BCUT2D eigenvalue weighted by molar-refractivity contribution is -0.115. The average molecular weight is 348 g/mol. The van der Waals surface area contributed by atoms with Gasteiger partial charge in [-0.1, -0.05) is 30.3 Å². The fraction of sp³-hybridized carbons (Fsp3) is 0.261. The highest BCUT2D eigenvalue weighted by Gasteiger charge is 2.18. The highest BCUT2D eigenvalue weighted by Crippen LogP contribution is 2.27. The van der Waals surface area contributed by atoms with Gasteiger partial charge in [0, 0.05) is 12.3 Å². The second-order valence-corrected chi connectivity index (χ2v) is 6.62. The van der Waals surface area contributed by atoms with E-state index in [0.29, 0.717) is 12.2 Å². The van der Waals surface area contributed by atoms with Gasteiger partial charge in [0.1, 0.15) is 23.0 Å². The molecular formula is C23H24O3. The number of hydrogen-bond acceptors (Lipinski definition) is 3. The Morgan fingerprint density at radius 1 is 0.962 bits per heavy atom.